The van der Waals surface area contributed by atoms with Crippen molar-refractivity contribution in [2.75, 3.05) is 44.4 Å². The molecular weight excluding hydrogens is 312 g/mol. The molecule has 0 amide bonds. The molecule has 2 N–H and O–H groups in total. The Morgan fingerprint density at radius 2 is 1.72 bits per heavy atom. The van der Waals surface area contributed by atoms with Gasteiger partial charge in [-0.05, 0) is 29.5 Å². The third kappa shape index (κ3) is 5.05. The topological polar surface area (TPSA) is 44.7 Å². The first-order valence-electron chi connectivity index (χ1n) is 9.15. The normalized spacial score (nSPS) is 16.0. The summed E-state index contributed by atoms with van der Waals surface area (Å²) in [4.78, 5) is 2.41. The standard InChI is InChI=1S/C21H28N2O2/c24-13-10-19(18-6-2-1-3-7-18)16-22-17-20-8-4-5-9-21(20)23-11-14-25-15-12-23/h1-9,19,22,24H,10-17H2. The van der Waals surface area contributed by atoms with E-state index in [9.17, 15) is 5.11 Å². The average Bonchev–Trinajstić information content (AvgIpc) is 2.69. The molecule has 2 aromatic rings. The van der Waals surface area contributed by atoms with Gasteiger partial charge in [0.2, 0.25) is 0 Å². The Hall–Kier alpha value is -1.88. The molecule has 1 unspecified atom stereocenters. The van der Waals surface area contributed by atoms with E-state index in [4.69, 9.17) is 4.74 Å². The van der Waals surface area contributed by atoms with Gasteiger partial charge in [0.25, 0.3) is 0 Å². The number of nitrogens with zero attached hydrogens (tertiary/aromatic N) is 1. The van der Waals surface area contributed by atoms with E-state index >= 15 is 0 Å². The molecule has 1 saturated heterocycles. The van der Waals surface area contributed by atoms with Gasteiger partial charge in [-0.3, -0.25) is 0 Å². The van der Waals surface area contributed by atoms with Crippen LogP contribution in [0, 0.1) is 0 Å². The molecule has 2 aromatic carbocycles. The van der Waals surface area contributed by atoms with Crippen molar-refractivity contribution in [3.05, 3.63) is 65.7 Å². The smallest absolute Gasteiger partial charge is 0.0642 e. The molecule has 25 heavy (non-hydrogen) atoms. The molecule has 0 aliphatic carbocycles. The van der Waals surface area contributed by atoms with E-state index in [1.54, 1.807) is 0 Å². The van der Waals surface area contributed by atoms with Crippen LogP contribution < -0.4 is 10.2 Å². The minimum atomic E-state index is 0.214. The minimum absolute atomic E-state index is 0.214. The second-order valence-electron chi connectivity index (χ2n) is 6.48. The number of hydrogen-bond donors (Lipinski definition) is 2. The Morgan fingerprint density at radius 1 is 1.00 bits per heavy atom. The van der Waals surface area contributed by atoms with E-state index in [0.717, 1.165) is 45.8 Å². The molecule has 0 aromatic heterocycles. The molecule has 0 radical (unpaired) electrons. The van der Waals surface area contributed by atoms with Crippen LogP contribution in [0.25, 0.3) is 0 Å². The summed E-state index contributed by atoms with van der Waals surface area (Å²) in [7, 11) is 0. The van der Waals surface area contributed by atoms with Crippen molar-refractivity contribution in [3.8, 4) is 0 Å². The summed E-state index contributed by atoms with van der Waals surface area (Å²) in [5, 5.41) is 13.0. The number of nitrogens with one attached hydrogen (secondary N) is 1. The predicted molar refractivity (Wildman–Crippen MR) is 102 cm³/mol. The van der Waals surface area contributed by atoms with E-state index in [1.165, 1.54) is 16.8 Å². The van der Waals surface area contributed by atoms with E-state index < -0.39 is 0 Å². The van der Waals surface area contributed by atoms with Crippen molar-refractivity contribution in [3.63, 3.8) is 0 Å². The van der Waals surface area contributed by atoms with Crippen LogP contribution in [0.3, 0.4) is 0 Å². The molecule has 4 nitrogen and oxygen atoms in total. The van der Waals surface area contributed by atoms with Gasteiger partial charge in [-0.1, -0.05) is 48.5 Å². The summed E-state index contributed by atoms with van der Waals surface area (Å²) in [6.45, 7) is 5.42. The van der Waals surface area contributed by atoms with Crippen LogP contribution in [0.1, 0.15) is 23.5 Å². The lowest BCUT2D eigenvalue weighted by molar-refractivity contribution is 0.122. The van der Waals surface area contributed by atoms with Crippen molar-refractivity contribution >= 4 is 5.69 Å². The number of rotatable bonds is 8. The molecular formula is C21H28N2O2. The first kappa shape index (κ1) is 17.9. The molecule has 0 bridgehead atoms. The first-order chi connectivity index (χ1) is 12.4. The SMILES string of the molecule is OCCC(CNCc1ccccc1N1CCOCC1)c1ccccc1. The predicted octanol–water partition coefficient (Wildman–Crippen LogP) is 2.78. The van der Waals surface area contributed by atoms with Crippen molar-refractivity contribution in [1.82, 2.24) is 5.32 Å². The molecule has 0 spiro atoms. The van der Waals surface area contributed by atoms with Crippen molar-refractivity contribution in [2.24, 2.45) is 0 Å². The zero-order valence-electron chi connectivity index (χ0n) is 14.7. The number of anilines is 1. The van der Waals surface area contributed by atoms with E-state index in [0.29, 0.717) is 5.92 Å². The van der Waals surface area contributed by atoms with Gasteiger partial charge >= 0.3 is 0 Å². The van der Waals surface area contributed by atoms with E-state index in [2.05, 4.69) is 58.7 Å². The third-order valence-electron chi connectivity index (χ3n) is 4.80. The van der Waals surface area contributed by atoms with Crippen LogP contribution in [0.4, 0.5) is 5.69 Å². The number of aliphatic hydroxyl groups excluding tert-OH is 1. The molecule has 1 heterocycles. The van der Waals surface area contributed by atoms with E-state index in [1.807, 2.05) is 6.07 Å². The van der Waals surface area contributed by atoms with Crippen molar-refractivity contribution < 1.29 is 9.84 Å². The second kappa shape index (κ2) is 9.56. The number of para-hydroxylation sites is 1. The maximum absolute atomic E-state index is 9.38. The van der Waals surface area contributed by atoms with Gasteiger partial charge in [-0.2, -0.15) is 0 Å². The Morgan fingerprint density at radius 3 is 2.48 bits per heavy atom. The van der Waals surface area contributed by atoms with Crippen LogP contribution in [0.15, 0.2) is 54.6 Å². The summed E-state index contributed by atoms with van der Waals surface area (Å²) in [6, 6.07) is 19.0. The zero-order valence-corrected chi connectivity index (χ0v) is 14.7. The average molecular weight is 340 g/mol. The van der Waals surface area contributed by atoms with Gasteiger partial charge in [0.1, 0.15) is 0 Å². The maximum Gasteiger partial charge on any atom is 0.0642 e. The molecule has 134 valence electrons. The van der Waals surface area contributed by atoms with Crippen LogP contribution in [-0.4, -0.2) is 44.6 Å². The first-order valence-corrected chi connectivity index (χ1v) is 9.15. The van der Waals surface area contributed by atoms with Gasteiger partial charge in [-0.25, -0.2) is 0 Å². The lowest BCUT2D eigenvalue weighted by Crippen LogP contribution is -2.37. The molecule has 1 fully saturated rings. The highest BCUT2D eigenvalue weighted by Gasteiger charge is 2.15. The summed E-state index contributed by atoms with van der Waals surface area (Å²) < 4.78 is 5.47. The zero-order chi connectivity index (χ0) is 17.3. The summed E-state index contributed by atoms with van der Waals surface area (Å²) in [6.07, 6.45) is 0.780. The number of morpholine rings is 1. The molecule has 1 atom stereocenters. The summed E-state index contributed by atoms with van der Waals surface area (Å²) in [5.41, 5.74) is 3.91. The Balaban J connectivity index is 1.61. The number of hydrogen-bond acceptors (Lipinski definition) is 4. The summed E-state index contributed by atoms with van der Waals surface area (Å²) >= 11 is 0. The maximum atomic E-state index is 9.38. The number of benzene rings is 2. The molecule has 1 aliphatic rings. The highest BCUT2D eigenvalue weighted by molar-refractivity contribution is 5.53. The van der Waals surface area contributed by atoms with Crippen molar-refractivity contribution in [2.45, 2.75) is 18.9 Å². The highest BCUT2D eigenvalue weighted by Crippen LogP contribution is 2.22. The van der Waals surface area contributed by atoms with Crippen LogP contribution >= 0.6 is 0 Å². The lowest BCUT2D eigenvalue weighted by Gasteiger charge is -2.30. The lowest BCUT2D eigenvalue weighted by atomic mass is 9.96. The molecule has 0 saturated carbocycles. The van der Waals surface area contributed by atoms with Crippen LogP contribution in [0.5, 0.6) is 0 Å². The Labute approximate surface area is 150 Å². The monoisotopic (exact) mass is 340 g/mol. The summed E-state index contributed by atoms with van der Waals surface area (Å²) in [5.74, 6) is 0.335. The largest absolute Gasteiger partial charge is 0.396 e. The quantitative estimate of drug-likeness (QED) is 0.776. The number of aliphatic hydroxyl groups is 1. The van der Waals surface area contributed by atoms with E-state index in [-0.39, 0.29) is 6.61 Å². The highest BCUT2D eigenvalue weighted by atomic mass is 16.5. The molecule has 1 aliphatic heterocycles. The molecule has 3 rings (SSSR count). The fourth-order valence-corrected chi connectivity index (χ4v) is 3.42. The van der Waals surface area contributed by atoms with Gasteiger partial charge in [0.05, 0.1) is 13.2 Å². The van der Waals surface area contributed by atoms with Gasteiger partial charge in [-0.15, -0.1) is 0 Å². The minimum Gasteiger partial charge on any atom is -0.396 e. The second-order valence-corrected chi connectivity index (χ2v) is 6.48. The van der Waals surface area contributed by atoms with Crippen LogP contribution in [0.2, 0.25) is 0 Å². The Kier molecular flexibility index (Phi) is 6.86. The molecule has 4 heteroatoms. The van der Waals surface area contributed by atoms with Gasteiger partial charge in [0, 0.05) is 38.5 Å². The van der Waals surface area contributed by atoms with Gasteiger partial charge < -0.3 is 20.1 Å². The Bertz CT molecular complexity index is 627. The van der Waals surface area contributed by atoms with Crippen molar-refractivity contribution in [1.29, 1.82) is 0 Å². The fraction of sp³-hybridized carbons (Fsp3) is 0.429. The number of ether oxygens (including phenoxy) is 1. The fourth-order valence-electron chi connectivity index (χ4n) is 3.42. The third-order valence-corrected chi connectivity index (χ3v) is 4.80. The van der Waals surface area contributed by atoms with Crippen LogP contribution in [-0.2, 0) is 11.3 Å². The van der Waals surface area contributed by atoms with Gasteiger partial charge in [0.15, 0.2) is 0 Å².